The Morgan fingerprint density at radius 2 is 1.03 bits per heavy atom. The summed E-state index contributed by atoms with van der Waals surface area (Å²) in [5.41, 5.74) is 3.82. The highest BCUT2D eigenvalue weighted by atomic mass is 33.1. The molecule has 0 aromatic heterocycles. The molecule has 4 saturated heterocycles. The Bertz CT molecular complexity index is 2510. The molecule has 78 heavy (non-hydrogen) atoms. The molecule has 20 nitrogen and oxygen atoms in total. The first-order valence-electron chi connectivity index (χ1n) is 27.7. The van der Waals surface area contributed by atoms with Crippen molar-refractivity contribution in [3.8, 4) is 23.0 Å². The van der Waals surface area contributed by atoms with E-state index >= 15 is 0 Å². The van der Waals surface area contributed by atoms with Crippen molar-refractivity contribution in [2.45, 2.75) is 174 Å². The second-order valence-electron chi connectivity index (χ2n) is 23.4. The minimum atomic E-state index is -1.75. The van der Waals surface area contributed by atoms with Crippen LogP contribution < -0.4 is 29.6 Å². The minimum Gasteiger partial charge on any atom is -0.487 e. The molecule has 2 aromatic rings. The van der Waals surface area contributed by atoms with E-state index in [-0.39, 0.29) is 49.2 Å². The number of aliphatic hydroxyl groups excluding tert-OH is 6. The number of carbonyl (C=O) groups excluding carboxylic acids is 2. The van der Waals surface area contributed by atoms with E-state index in [1.54, 1.807) is 0 Å². The van der Waals surface area contributed by atoms with Gasteiger partial charge in [-0.25, -0.2) is 0 Å². The number of carbonyl (C=O) groups is 2. The van der Waals surface area contributed by atoms with Crippen LogP contribution in [0.5, 0.6) is 23.0 Å². The molecule has 2 aromatic carbocycles. The molecular formula is C56H74N4O16S2. The van der Waals surface area contributed by atoms with Gasteiger partial charge >= 0.3 is 0 Å². The van der Waals surface area contributed by atoms with Crippen molar-refractivity contribution in [3.05, 3.63) is 70.8 Å². The molecule has 20 atom stereocenters. The number of amides is 2. The molecule has 4 fully saturated rings. The summed E-state index contributed by atoms with van der Waals surface area (Å²) in [6.07, 6.45) is -7.49. The van der Waals surface area contributed by atoms with Crippen molar-refractivity contribution in [2.75, 3.05) is 51.8 Å². The number of hydrogen-bond donors (Lipinski definition) is 8. The predicted octanol–water partition coefficient (Wildman–Crippen LogP) is 0.851. The van der Waals surface area contributed by atoms with E-state index in [0.717, 1.165) is 49.9 Å². The topological polar surface area (TPSA) is 260 Å². The first-order chi connectivity index (χ1) is 37.4. The van der Waals surface area contributed by atoms with Crippen LogP contribution in [0, 0.1) is 11.8 Å². The molecule has 22 heteroatoms. The van der Waals surface area contributed by atoms with Crippen molar-refractivity contribution >= 4 is 33.4 Å². The maximum Gasteiger partial charge on any atom is 0.252 e. The quantitative estimate of drug-likeness (QED) is 0.0621. The lowest BCUT2D eigenvalue weighted by atomic mass is 9.53. The third-order valence-electron chi connectivity index (χ3n) is 18.2. The maximum absolute atomic E-state index is 13.5. The normalized spacial score (nSPS) is 40.5. The number of aliphatic hydroxyl groups is 6. The summed E-state index contributed by atoms with van der Waals surface area (Å²) in [5.74, 6) is 2.45. The lowest BCUT2D eigenvalue weighted by molar-refractivity contribution is -0.304. The molecule has 0 radical (unpaired) electrons. The van der Waals surface area contributed by atoms with Crippen molar-refractivity contribution < 1.29 is 78.1 Å². The van der Waals surface area contributed by atoms with Gasteiger partial charge in [-0.15, -0.1) is 0 Å². The highest BCUT2D eigenvalue weighted by Gasteiger charge is 2.67. The van der Waals surface area contributed by atoms with Gasteiger partial charge in [0.1, 0.15) is 61.0 Å². The molecule has 0 saturated carbocycles. The number of nitrogens with one attached hydrogen (secondary N) is 2. The molecule has 2 amide bonds. The number of benzene rings is 2. The van der Waals surface area contributed by atoms with Gasteiger partial charge in [-0.05, 0) is 104 Å². The molecule has 12 rings (SSSR count). The van der Waals surface area contributed by atoms with E-state index in [9.17, 15) is 40.2 Å². The van der Waals surface area contributed by atoms with Gasteiger partial charge in [0.25, 0.3) is 11.8 Å². The zero-order valence-electron chi connectivity index (χ0n) is 44.7. The van der Waals surface area contributed by atoms with E-state index in [1.807, 2.05) is 52.0 Å². The van der Waals surface area contributed by atoms with Crippen LogP contribution >= 0.6 is 21.6 Å². The summed E-state index contributed by atoms with van der Waals surface area (Å²) >= 11 is 0. The third kappa shape index (κ3) is 8.89. The molecule has 2 spiro atoms. The summed E-state index contributed by atoms with van der Waals surface area (Å²) in [5, 5.41) is 71.9. The molecule has 6 unspecified atom stereocenters. The third-order valence-corrected chi connectivity index (χ3v) is 20.7. The molecule has 6 aliphatic heterocycles. The Morgan fingerprint density at radius 1 is 0.615 bits per heavy atom. The number of nitrogens with zero attached hydrogens (tertiary/aromatic N) is 2. The van der Waals surface area contributed by atoms with Crippen LogP contribution in [0.2, 0.25) is 0 Å². The molecule has 8 N–H and O–H groups in total. The summed E-state index contributed by atoms with van der Waals surface area (Å²) in [7, 11) is 7.12. The first kappa shape index (κ1) is 54.8. The van der Waals surface area contributed by atoms with E-state index in [4.69, 9.17) is 37.9 Å². The van der Waals surface area contributed by atoms with Crippen LogP contribution in [0.3, 0.4) is 0 Å². The fourth-order valence-corrected chi connectivity index (χ4v) is 16.6. The first-order valence-corrected chi connectivity index (χ1v) is 30.2. The van der Waals surface area contributed by atoms with Crippen molar-refractivity contribution in [1.82, 2.24) is 20.4 Å². The Hall–Kier alpha value is -3.72. The van der Waals surface area contributed by atoms with E-state index in [2.05, 4.69) is 58.8 Å². The molecule has 426 valence electrons. The van der Waals surface area contributed by atoms with Crippen LogP contribution in [0.25, 0.3) is 0 Å². The zero-order chi connectivity index (χ0) is 54.7. The number of likely N-dealkylation sites (tertiary alicyclic amines) is 2. The van der Waals surface area contributed by atoms with Gasteiger partial charge in [0.05, 0.1) is 12.2 Å². The number of piperidine rings is 2. The SMILES string of the molecule is CC(C)Oc1ccc2c3c1O[C@H]1[C@@H](OC4OC(C(=O)NCCSSCCNC(=O)C5OC(O[C@H]6C=CC7[C@H]8Cc9ccc(OC(C)C)c%10c9[C@@]7(CCN8C)[C@H]6O%10)[C@@H](O)[C@H](O)[C@@H]5O)[C@@H](O)[C@@H](O)[C@@H]4O)C=CC4[C@@H](C2)N(C)CC[C@@]341. The molecular weight excluding hydrogens is 1050 g/mol. The fraction of sp³-hybridized carbons (Fsp3) is 0.679. The van der Waals surface area contributed by atoms with E-state index < -0.39 is 108 Å². The standard InChI is InChI=1S/C56H74N4O16S2/c1-25(2)69-33-11-7-27-23-31-29-9-13-35(49-55(29,15-19-59(31)5)37(27)45(33)73-49)71-53-43(65)39(61)41(63)47(75-53)51(67)57-17-21-77-78-22-18-58-52(68)48-42(64)40(62)44(66)54(76-48)72-36-14-10-30-32-24-28-8-12-34(70-26(3)4)46-38(28)56(30,50(36)74-46)16-20-60(32)6/h7-14,25-26,29-32,35-36,39-44,47-50,53-54,61-66H,15-24H2,1-6H3,(H,57,67)(H,58,68)/t29?,30?,31-,32-,35+,36+,39-,40-,41+,42+,43+,44+,47?,48?,49+,50+,53?,54?,55+,56+/m1/s1. The van der Waals surface area contributed by atoms with Gasteiger partial charge < -0.3 is 89.0 Å². The Kier molecular flexibility index (Phi) is 14.9. The Labute approximate surface area is 461 Å². The number of ether oxygens (including phenoxy) is 8. The Morgan fingerprint density at radius 3 is 1.42 bits per heavy atom. The van der Waals surface area contributed by atoms with Crippen molar-refractivity contribution in [2.24, 2.45) is 11.8 Å². The van der Waals surface area contributed by atoms with Crippen LogP contribution in [-0.2, 0) is 52.2 Å². The summed E-state index contributed by atoms with van der Waals surface area (Å²) in [6.45, 7) is 9.89. The van der Waals surface area contributed by atoms with Crippen LogP contribution in [0.15, 0.2) is 48.6 Å². The summed E-state index contributed by atoms with van der Waals surface area (Å²) in [4.78, 5) is 31.9. The van der Waals surface area contributed by atoms with Gasteiger partial charge in [0, 0.05) is 70.5 Å². The predicted molar refractivity (Wildman–Crippen MR) is 285 cm³/mol. The molecule has 10 aliphatic rings. The van der Waals surface area contributed by atoms with Crippen LogP contribution in [0.4, 0.5) is 0 Å². The summed E-state index contributed by atoms with van der Waals surface area (Å²) in [6, 6.07) is 8.71. The smallest absolute Gasteiger partial charge is 0.252 e. The van der Waals surface area contributed by atoms with Gasteiger partial charge in [-0.1, -0.05) is 58.0 Å². The Balaban J connectivity index is 0.621. The highest BCUT2D eigenvalue weighted by molar-refractivity contribution is 8.76. The van der Waals surface area contributed by atoms with E-state index in [1.165, 1.54) is 32.7 Å². The van der Waals surface area contributed by atoms with E-state index in [0.29, 0.717) is 34.5 Å². The van der Waals surface area contributed by atoms with Crippen LogP contribution in [-0.4, -0.2) is 214 Å². The summed E-state index contributed by atoms with van der Waals surface area (Å²) < 4.78 is 51.2. The molecule has 6 heterocycles. The lowest BCUT2D eigenvalue weighted by Crippen LogP contribution is -2.66. The maximum atomic E-state index is 13.5. The largest absolute Gasteiger partial charge is 0.487 e. The second-order valence-corrected chi connectivity index (χ2v) is 26.1. The van der Waals surface area contributed by atoms with Gasteiger partial charge in [-0.3, -0.25) is 9.59 Å². The van der Waals surface area contributed by atoms with Gasteiger partial charge in [0.2, 0.25) is 0 Å². The average Bonchev–Trinajstić information content (AvgIpc) is 3.81. The number of likely N-dealkylation sites (N-methyl/N-ethyl adjacent to an activating group) is 2. The molecule has 4 bridgehead atoms. The average molecular weight is 1120 g/mol. The monoisotopic (exact) mass is 1120 g/mol. The fourth-order valence-electron chi connectivity index (χ4n) is 14.8. The number of rotatable bonds is 17. The second kappa shape index (κ2) is 21.2. The van der Waals surface area contributed by atoms with Crippen molar-refractivity contribution in [1.29, 1.82) is 0 Å². The van der Waals surface area contributed by atoms with Crippen LogP contribution in [0.1, 0.15) is 62.8 Å². The lowest BCUT2D eigenvalue weighted by Gasteiger charge is -2.57. The van der Waals surface area contributed by atoms with Gasteiger partial charge in [0.15, 0.2) is 47.8 Å². The highest BCUT2D eigenvalue weighted by Crippen LogP contribution is 2.65. The number of hydrogen-bond acceptors (Lipinski definition) is 20. The van der Waals surface area contributed by atoms with Gasteiger partial charge in [-0.2, -0.15) is 0 Å². The zero-order valence-corrected chi connectivity index (χ0v) is 46.3. The van der Waals surface area contributed by atoms with Crippen molar-refractivity contribution in [3.63, 3.8) is 0 Å². The minimum absolute atomic E-state index is 0.0812. The molecule has 4 aliphatic carbocycles.